The Morgan fingerprint density at radius 1 is 1.50 bits per heavy atom. The minimum absolute atomic E-state index is 0.00669. The highest BCUT2D eigenvalue weighted by molar-refractivity contribution is 9.10. The predicted octanol–water partition coefficient (Wildman–Crippen LogP) is 3.23. The summed E-state index contributed by atoms with van der Waals surface area (Å²) in [4.78, 5) is 24.7. The summed E-state index contributed by atoms with van der Waals surface area (Å²) in [5.74, 6) is -0.866. The molecule has 0 saturated carbocycles. The number of benzene rings is 1. The third-order valence-corrected chi connectivity index (χ3v) is 3.97. The van der Waals surface area contributed by atoms with E-state index in [1.165, 1.54) is 0 Å². The molecule has 2 N–H and O–H groups in total. The van der Waals surface area contributed by atoms with Crippen molar-refractivity contribution in [1.29, 1.82) is 0 Å². The van der Waals surface area contributed by atoms with Crippen LogP contribution in [0.1, 0.15) is 24.8 Å². The fourth-order valence-electron chi connectivity index (χ4n) is 2.47. The van der Waals surface area contributed by atoms with Gasteiger partial charge in [0.2, 0.25) is 0 Å². The van der Waals surface area contributed by atoms with Gasteiger partial charge < -0.3 is 15.3 Å². The number of anilines is 1. The number of likely N-dealkylation sites (tertiary alicyclic amines) is 1. The molecule has 5 nitrogen and oxygen atoms in total. The molecule has 1 aliphatic rings. The van der Waals surface area contributed by atoms with Crippen LogP contribution in [-0.4, -0.2) is 34.6 Å². The molecule has 0 bridgehead atoms. The van der Waals surface area contributed by atoms with E-state index in [4.69, 9.17) is 5.11 Å². The minimum atomic E-state index is -0.866. The van der Waals surface area contributed by atoms with Gasteiger partial charge >= 0.3 is 12.0 Å². The van der Waals surface area contributed by atoms with Crippen molar-refractivity contribution in [2.75, 3.05) is 11.9 Å². The second-order valence-electron chi connectivity index (χ2n) is 4.98. The van der Waals surface area contributed by atoms with E-state index in [0.717, 1.165) is 28.6 Å². The number of carboxylic acid groups (broad SMARTS) is 1. The van der Waals surface area contributed by atoms with Gasteiger partial charge in [0.25, 0.3) is 0 Å². The molecule has 20 heavy (non-hydrogen) atoms. The molecule has 1 aromatic rings. The van der Waals surface area contributed by atoms with Crippen molar-refractivity contribution in [1.82, 2.24) is 4.90 Å². The Hall–Kier alpha value is -1.56. The van der Waals surface area contributed by atoms with Crippen molar-refractivity contribution in [3.05, 3.63) is 28.2 Å². The summed E-state index contributed by atoms with van der Waals surface area (Å²) in [6.45, 7) is 2.53. The van der Waals surface area contributed by atoms with Gasteiger partial charge in [-0.25, -0.2) is 4.79 Å². The summed E-state index contributed by atoms with van der Waals surface area (Å²) < 4.78 is 0.956. The minimum Gasteiger partial charge on any atom is -0.481 e. The lowest BCUT2D eigenvalue weighted by Crippen LogP contribution is -2.39. The van der Waals surface area contributed by atoms with Gasteiger partial charge in [0, 0.05) is 22.7 Å². The summed E-state index contributed by atoms with van der Waals surface area (Å²) in [6.07, 6.45) is 1.61. The first-order chi connectivity index (χ1) is 9.47. The molecule has 1 aromatic carbocycles. The molecule has 2 rings (SSSR count). The molecule has 0 aromatic heterocycles. The van der Waals surface area contributed by atoms with Crippen LogP contribution in [-0.2, 0) is 4.79 Å². The maximum Gasteiger partial charge on any atom is 0.322 e. The van der Waals surface area contributed by atoms with Crippen molar-refractivity contribution in [3.63, 3.8) is 0 Å². The van der Waals surface area contributed by atoms with Crippen LogP contribution < -0.4 is 5.32 Å². The molecule has 0 spiro atoms. The first-order valence-corrected chi connectivity index (χ1v) is 7.32. The smallest absolute Gasteiger partial charge is 0.322 e. The number of urea groups is 1. The summed E-state index contributed by atoms with van der Waals surface area (Å²) in [5, 5.41) is 11.7. The Morgan fingerprint density at radius 2 is 2.25 bits per heavy atom. The third-order valence-electron chi connectivity index (χ3n) is 3.48. The van der Waals surface area contributed by atoms with Crippen LogP contribution in [0.5, 0.6) is 0 Å². The number of rotatable bonds is 3. The SMILES string of the molecule is Cc1cc(Br)ccc1NC(=O)N1CCCC1CC(=O)O. The first-order valence-electron chi connectivity index (χ1n) is 6.53. The molecule has 1 aliphatic heterocycles. The van der Waals surface area contributed by atoms with Gasteiger partial charge in [-0.3, -0.25) is 4.79 Å². The van der Waals surface area contributed by atoms with Gasteiger partial charge in [-0.05, 0) is 43.5 Å². The molecule has 1 fully saturated rings. The van der Waals surface area contributed by atoms with Crippen molar-refractivity contribution >= 4 is 33.6 Å². The molecule has 1 heterocycles. The lowest BCUT2D eigenvalue weighted by atomic mass is 10.1. The number of hydrogen-bond acceptors (Lipinski definition) is 2. The topological polar surface area (TPSA) is 69.6 Å². The molecule has 0 radical (unpaired) electrons. The Bertz CT molecular complexity index is 533. The fourth-order valence-corrected chi connectivity index (χ4v) is 2.95. The average molecular weight is 341 g/mol. The van der Waals surface area contributed by atoms with Gasteiger partial charge in [-0.2, -0.15) is 0 Å². The van der Waals surface area contributed by atoms with Gasteiger partial charge in [0.15, 0.2) is 0 Å². The van der Waals surface area contributed by atoms with Gasteiger partial charge in [-0.1, -0.05) is 15.9 Å². The number of hydrogen-bond donors (Lipinski definition) is 2. The van der Waals surface area contributed by atoms with E-state index in [9.17, 15) is 9.59 Å². The van der Waals surface area contributed by atoms with E-state index in [2.05, 4.69) is 21.2 Å². The van der Waals surface area contributed by atoms with Crippen LogP contribution >= 0.6 is 15.9 Å². The quantitative estimate of drug-likeness (QED) is 0.887. The number of halogens is 1. The molecular weight excluding hydrogens is 324 g/mol. The Morgan fingerprint density at radius 3 is 2.90 bits per heavy atom. The molecule has 1 unspecified atom stereocenters. The van der Waals surface area contributed by atoms with E-state index < -0.39 is 5.97 Å². The number of amides is 2. The summed E-state index contributed by atoms with van der Waals surface area (Å²) in [5.41, 5.74) is 1.71. The fraction of sp³-hybridized carbons (Fsp3) is 0.429. The van der Waals surface area contributed by atoms with Crippen LogP contribution in [0.15, 0.2) is 22.7 Å². The maximum absolute atomic E-state index is 12.3. The number of aliphatic carboxylic acids is 1. The van der Waals surface area contributed by atoms with Crippen LogP contribution in [0.25, 0.3) is 0 Å². The molecule has 0 aliphatic carbocycles. The largest absolute Gasteiger partial charge is 0.481 e. The summed E-state index contributed by atoms with van der Waals surface area (Å²) >= 11 is 3.38. The van der Waals surface area contributed by atoms with Crippen molar-refractivity contribution < 1.29 is 14.7 Å². The number of nitrogens with zero attached hydrogens (tertiary/aromatic N) is 1. The Kier molecular flexibility index (Phi) is 4.65. The number of nitrogens with one attached hydrogen (secondary N) is 1. The first kappa shape index (κ1) is 14.8. The summed E-state index contributed by atoms with van der Waals surface area (Å²) in [7, 11) is 0. The number of aryl methyl sites for hydroxylation is 1. The number of carboxylic acids is 1. The van der Waals surface area contributed by atoms with Crippen LogP contribution in [0, 0.1) is 6.92 Å². The molecular formula is C14H17BrN2O3. The molecule has 1 atom stereocenters. The molecule has 2 amide bonds. The number of carbonyl (C=O) groups excluding carboxylic acids is 1. The monoisotopic (exact) mass is 340 g/mol. The third kappa shape index (κ3) is 3.50. The van der Waals surface area contributed by atoms with E-state index in [1.54, 1.807) is 4.90 Å². The standard InChI is InChI=1S/C14H17BrN2O3/c1-9-7-10(15)4-5-12(9)16-14(20)17-6-2-3-11(17)8-13(18)19/h4-5,7,11H,2-3,6,8H2,1H3,(H,16,20)(H,18,19). The van der Waals surface area contributed by atoms with E-state index in [0.29, 0.717) is 6.54 Å². The highest BCUT2D eigenvalue weighted by Crippen LogP contribution is 2.24. The van der Waals surface area contributed by atoms with E-state index in [-0.39, 0.29) is 18.5 Å². The Labute approximate surface area is 126 Å². The zero-order chi connectivity index (χ0) is 14.7. The van der Waals surface area contributed by atoms with Gasteiger partial charge in [-0.15, -0.1) is 0 Å². The van der Waals surface area contributed by atoms with Crippen LogP contribution in [0.2, 0.25) is 0 Å². The highest BCUT2D eigenvalue weighted by atomic mass is 79.9. The predicted molar refractivity (Wildman–Crippen MR) is 79.9 cm³/mol. The number of carbonyl (C=O) groups is 2. The lowest BCUT2D eigenvalue weighted by Gasteiger charge is -2.24. The van der Waals surface area contributed by atoms with Crippen molar-refractivity contribution in [3.8, 4) is 0 Å². The summed E-state index contributed by atoms with van der Waals surface area (Å²) in [6, 6.07) is 5.19. The van der Waals surface area contributed by atoms with Crippen LogP contribution in [0.3, 0.4) is 0 Å². The zero-order valence-electron chi connectivity index (χ0n) is 11.2. The van der Waals surface area contributed by atoms with E-state index in [1.807, 2.05) is 25.1 Å². The normalized spacial score (nSPS) is 18.1. The maximum atomic E-state index is 12.3. The Balaban J connectivity index is 2.05. The molecule has 1 saturated heterocycles. The average Bonchev–Trinajstić information content (AvgIpc) is 2.80. The van der Waals surface area contributed by atoms with E-state index >= 15 is 0 Å². The van der Waals surface area contributed by atoms with Gasteiger partial charge in [0.1, 0.15) is 0 Å². The van der Waals surface area contributed by atoms with Crippen molar-refractivity contribution in [2.24, 2.45) is 0 Å². The highest BCUT2D eigenvalue weighted by Gasteiger charge is 2.30. The zero-order valence-corrected chi connectivity index (χ0v) is 12.8. The second-order valence-corrected chi connectivity index (χ2v) is 5.89. The van der Waals surface area contributed by atoms with Crippen molar-refractivity contribution in [2.45, 2.75) is 32.2 Å². The molecule has 6 heteroatoms. The lowest BCUT2D eigenvalue weighted by molar-refractivity contribution is -0.137. The second kappa shape index (κ2) is 6.26. The molecule has 108 valence electrons. The van der Waals surface area contributed by atoms with Gasteiger partial charge in [0.05, 0.1) is 6.42 Å². The van der Waals surface area contributed by atoms with Crippen LogP contribution in [0.4, 0.5) is 10.5 Å².